The number of methoxy groups -OCH3 is 1. The minimum Gasteiger partial charge on any atom is -0.492 e. The average Bonchev–Trinajstić information content (AvgIpc) is 2.96. The SMILES string of the molecule is COC(=O)C12COc3ccccc3C1N(C)CC2c1ccc(F)cc1. The smallest absolute Gasteiger partial charge is 0.317 e. The van der Waals surface area contributed by atoms with Gasteiger partial charge in [0.1, 0.15) is 23.6 Å². The first-order chi connectivity index (χ1) is 12.1. The van der Waals surface area contributed by atoms with Crippen LogP contribution >= 0.6 is 0 Å². The Kier molecular flexibility index (Phi) is 3.76. The first-order valence-electron chi connectivity index (χ1n) is 8.34. The standard InChI is InChI=1S/C20H20FNO3/c1-22-11-16(13-7-9-14(21)10-8-13)20(19(23)24-2)12-25-17-6-4-3-5-15(17)18(20)22/h3-10,16,18H,11-12H2,1-2H3. The van der Waals surface area contributed by atoms with Crippen molar-refractivity contribution in [1.29, 1.82) is 0 Å². The van der Waals surface area contributed by atoms with E-state index in [1.807, 2.05) is 31.3 Å². The molecule has 1 saturated heterocycles. The number of ether oxygens (including phenoxy) is 2. The van der Waals surface area contributed by atoms with Gasteiger partial charge in [-0.3, -0.25) is 9.69 Å². The Hall–Kier alpha value is -2.40. The predicted molar refractivity (Wildman–Crippen MR) is 90.9 cm³/mol. The van der Waals surface area contributed by atoms with E-state index in [-0.39, 0.29) is 30.4 Å². The predicted octanol–water partition coefficient (Wildman–Crippen LogP) is 3.15. The molecule has 0 aromatic heterocycles. The topological polar surface area (TPSA) is 38.8 Å². The number of hydrogen-bond donors (Lipinski definition) is 0. The van der Waals surface area contributed by atoms with Crippen LogP contribution < -0.4 is 4.74 Å². The van der Waals surface area contributed by atoms with E-state index in [1.54, 1.807) is 12.1 Å². The Labute approximate surface area is 146 Å². The highest BCUT2D eigenvalue weighted by atomic mass is 19.1. The van der Waals surface area contributed by atoms with Crippen LogP contribution in [0.3, 0.4) is 0 Å². The molecule has 0 amide bonds. The number of fused-ring (bicyclic) bond motifs is 3. The quantitative estimate of drug-likeness (QED) is 0.787. The second-order valence-electron chi connectivity index (χ2n) is 6.80. The molecule has 1 fully saturated rings. The summed E-state index contributed by atoms with van der Waals surface area (Å²) >= 11 is 0. The third kappa shape index (κ3) is 2.26. The van der Waals surface area contributed by atoms with Gasteiger partial charge >= 0.3 is 5.97 Å². The van der Waals surface area contributed by atoms with Gasteiger partial charge in [-0.05, 0) is 30.8 Å². The third-order valence-electron chi connectivity index (χ3n) is 5.54. The first kappa shape index (κ1) is 16.1. The molecule has 3 atom stereocenters. The van der Waals surface area contributed by atoms with Crippen LogP contribution in [-0.4, -0.2) is 38.2 Å². The van der Waals surface area contributed by atoms with Crippen LogP contribution in [0.15, 0.2) is 48.5 Å². The van der Waals surface area contributed by atoms with Crippen LogP contribution in [0.25, 0.3) is 0 Å². The van der Waals surface area contributed by atoms with Crippen LogP contribution in [0.5, 0.6) is 5.75 Å². The second kappa shape index (κ2) is 5.85. The Balaban J connectivity index is 1.88. The van der Waals surface area contributed by atoms with Gasteiger partial charge in [-0.2, -0.15) is 0 Å². The van der Waals surface area contributed by atoms with Crippen molar-refractivity contribution >= 4 is 5.97 Å². The molecule has 0 bridgehead atoms. The number of esters is 1. The van der Waals surface area contributed by atoms with Gasteiger partial charge in [0, 0.05) is 18.0 Å². The zero-order valence-electron chi connectivity index (χ0n) is 14.2. The van der Waals surface area contributed by atoms with Crippen molar-refractivity contribution in [3.05, 3.63) is 65.5 Å². The maximum absolute atomic E-state index is 13.4. The largest absolute Gasteiger partial charge is 0.492 e. The van der Waals surface area contributed by atoms with Crippen molar-refractivity contribution in [2.45, 2.75) is 12.0 Å². The van der Waals surface area contributed by atoms with Crippen molar-refractivity contribution in [1.82, 2.24) is 4.90 Å². The molecular formula is C20H20FNO3. The summed E-state index contributed by atoms with van der Waals surface area (Å²) in [6.07, 6.45) is 0. The number of rotatable bonds is 2. The fraction of sp³-hybridized carbons (Fsp3) is 0.350. The van der Waals surface area contributed by atoms with Gasteiger partial charge in [-0.1, -0.05) is 30.3 Å². The highest BCUT2D eigenvalue weighted by Gasteiger charge is 2.62. The normalized spacial score (nSPS) is 28.0. The molecule has 4 rings (SSSR count). The van der Waals surface area contributed by atoms with E-state index in [9.17, 15) is 9.18 Å². The van der Waals surface area contributed by atoms with Crippen LogP contribution in [0.1, 0.15) is 23.1 Å². The van der Waals surface area contributed by atoms with Crippen molar-refractivity contribution in [3.8, 4) is 5.75 Å². The number of likely N-dealkylation sites (tertiary alicyclic amines) is 1. The summed E-state index contributed by atoms with van der Waals surface area (Å²) in [6.45, 7) is 0.914. The van der Waals surface area contributed by atoms with E-state index < -0.39 is 5.41 Å². The van der Waals surface area contributed by atoms with Gasteiger partial charge in [0.05, 0.1) is 13.2 Å². The first-order valence-corrected chi connectivity index (χ1v) is 8.34. The van der Waals surface area contributed by atoms with E-state index in [1.165, 1.54) is 19.2 Å². The molecule has 0 radical (unpaired) electrons. The third-order valence-corrected chi connectivity index (χ3v) is 5.54. The highest BCUT2D eigenvalue weighted by molar-refractivity contribution is 5.81. The molecule has 3 unspecified atom stereocenters. The second-order valence-corrected chi connectivity index (χ2v) is 6.80. The van der Waals surface area contributed by atoms with Crippen molar-refractivity contribution < 1.29 is 18.7 Å². The minimum absolute atomic E-state index is 0.135. The summed E-state index contributed by atoms with van der Waals surface area (Å²) in [5.74, 6) is 0.0947. The molecule has 0 N–H and O–H groups in total. The number of benzene rings is 2. The summed E-state index contributed by atoms with van der Waals surface area (Å²) in [5.41, 5.74) is 1.06. The number of para-hydroxylation sites is 1. The van der Waals surface area contributed by atoms with Gasteiger partial charge in [-0.15, -0.1) is 0 Å². The van der Waals surface area contributed by atoms with E-state index in [0.717, 1.165) is 16.9 Å². The summed E-state index contributed by atoms with van der Waals surface area (Å²) < 4.78 is 24.6. The zero-order chi connectivity index (χ0) is 17.6. The fourth-order valence-corrected chi connectivity index (χ4v) is 4.47. The van der Waals surface area contributed by atoms with Crippen molar-refractivity contribution in [2.75, 3.05) is 27.3 Å². The molecule has 0 spiro atoms. The minimum atomic E-state index is -0.852. The molecule has 2 aromatic carbocycles. The Morgan fingerprint density at radius 2 is 1.96 bits per heavy atom. The Morgan fingerprint density at radius 1 is 1.24 bits per heavy atom. The number of halogens is 1. The van der Waals surface area contributed by atoms with Crippen LogP contribution in [0, 0.1) is 11.2 Å². The molecule has 2 heterocycles. The van der Waals surface area contributed by atoms with Gasteiger partial charge in [0.15, 0.2) is 0 Å². The van der Waals surface area contributed by atoms with Crippen LogP contribution in [0.4, 0.5) is 4.39 Å². The van der Waals surface area contributed by atoms with Gasteiger partial charge < -0.3 is 9.47 Å². The molecule has 2 aromatic rings. The van der Waals surface area contributed by atoms with E-state index >= 15 is 0 Å². The lowest BCUT2D eigenvalue weighted by Crippen LogP contribution is -2.48. The molecule has 5 heteroatoms. The fourth-order valence-electron chi connectivity index (χ4n) is 4.47. The summed E-state index contributed by atoms with van der Waals surface area (Å²) in [5, 5.41) is 0. The van der Waals surface area contributed by atoms with E-state index in [2.05, 4.69) is 4.90 Å². The highest BCUT2D eigenvalue weighted by Crippen LogP contribution is 2.58. The van der Waals surface area contributed by atoms with Crippen molar-refractivity contribution in [3.63, 3.8) is 0 Å². The average molecular weight is 341 g/mol. The number of nitrogens with zero attached hydrogens (tertiary/aromatic N) is 1. The monoisotopic (exact) mass is 341 g/mol. The zero-order valence-corrected chi connectivity index (χ0v) is 14.2. The van der Waals surface area contributed by atoms with E-state index in [0.29, 0.717) is 6.54 Å². The number of hydrogen-bond acceptors (Lipinski definition) is 4. The van der Waals surface area contributed by atoms with E-state index in [4.69, 9.17) is 9.47 Å². The maximum atomic E-state index is 13.4. The maximum Gasteiger partial charge on any atom is 0.317 e. The molecule has 0 aliphatic carbocycles. The van der Waals surface area contributed by atoms with Crippen LogP contribution in [0.2, 0.25) is 0 Å². The van der Waals surface area contributed by atoms with Gasteiger partial charge in [0.2, 0.25) is 0 Å². The summed E-state index contributed by atoms with van der Waals surface area (Å²) in [7, 11) is 3.42. The van der Waals surface area contributed by atoms with Gasteiger partial charge in [0.25, 0.3) is 0 Å². The Morgan fingerprint density at radius 3 is 2.68 bits per heavy atom. The number of carbonyl (C=O) groups excluding carboxylic acids is 1. The summed E-state index contributed by atoms with van der Waals surface area (Å²) in [6, 6.07) is 14.0. The Bertz CT molecular complexity index is 807. The lowest BCUT2D eigenvalue weighted by atomic mass is 9.68. The molecule has 4 nitrogen and oxygen atoms in total. The molecule has 0 saturated carbocycles. The van der Waals surface area contributed by atoms with Crippen molar-refractivity contribution in [2.24, 2.45) is 5.41 Å². The number of likely N-dealkylation sites (N-methyl/N-ethyl adjacent to an activating group) is 1. The molecule has 2 aliphatic heterocycles. The van der Waals surface area contributed by atoms with Crippen LogP contribution in [-0.2, 0) is 9.53 Å². The lowest BCUT2D eigenvalue weighted by molar-refractivity contribution is -0.159. The molecule has 130 valence electrons. The lowest BCUT2D eigenvalue weighted by Gasteiger charge is -2.42. The summed E-state index contributed by atoms with van der Waals surface area (Å²) in [4.78, 5) is 15.1. The molecule has 25 heavy (non-hydrogen) atoms. The molecular weight excluding hydrogens is 321 g/mol. The number of carbonyl (C=O) groups is 1. The van der Waals surface area contributed by atoms with Gasteiger partial charge in [-0.25, -0.2) is 4.39 Å². The molecule has 2 aliphatic rings.